The number of hydrogen-bond donors (Lipinski definition) is 0. The predicted molar refractivity (Wildman–Crippen MR) is 62.7 cm³/mol. The van der Waals surface area contributed by atoms with Crippen LogP contribution in [0, 0.1) is 17.3 Å². The summed E-state index contributed by atoms with van der Waals surface area (Å²) in [5.41, 5.74) is 0.318. The first-order valence-electron chi connectivity index (χ1n) is 6.08. The number of ether oxygens (including phenoxy) is 2. The Balaban J connectivity index is 2.78. The first-order valence-corrected chi connectivity index (χ1v) is 6.08. The Hall–Kier alpha value is -0.0800. The van der Waals surface area contributed by atoms with Gasteiger partial charge in [-0.3, -0.25) is 0 Å². The number of hydrogen-bond acceptors (Lipinski definition) is 2. The minimum atomic E-state index is 0.00329. The largest absolute Gasteiger partial charge is 0.356 e. The zero-order valence-corrected chi connectivity index (χ0v) is 11.0. The summed E-state index contributed by atoms with van der Waals surface area (Å²) in [5.74, 6) is 1.35. The van der Waals surface area contributed by atoms with Gasteiger partial charge in [0.15, 0.2) is 6.29 Å². The molecule has 2 nitrogen and oxygen atoms in total. The van der Waals surface area contributed by atoms with E-state index < -0.39 is 0 Å². The van der Waals surface area contributed by atoms with E-state index in [2.05, 4.69) is 34.6 Å². The highest BCUT2D eigenvalue weighted by atomic mass is 16.7. The van der Waals surface area contributed by atoms with Crippen molar-refractivity contribution >= 4 is 0 Å². The minimum Gasteiger partial charge on any atom is -0.356 e. The molecule has 1 heterocycles. The van der Waals surface area contributed by atoms with Crippen molar-refractivity contribution in [3.8, 4) is 0 Å². The lowest BCUT2D eigenvalue weighted by Crippen LogP contribution is -2.46. The molecule has 0 aromatic heterocycles. The van der Waals surface area contributed by atoms with Crippen LogP contribution in [0.1, 0.15) is 47.5 Å². The SMILES string of the molecule is CCC1CC(OC)OC(C)C1C(C)(C)C. The van der Waals surface area contributed by atoms with Crippen LogP contribution in [-0.4, -0.2) is 19.5 Å². The average molecular weight is 214 g/mol. The van der Waals surface area contributed by atoms with E-state index in [0.29, 0.717) is 17.4 Å². The van der Waals surface area contributed by atoms with Crippen molar-refractivity contribution in [1.29, 1.82) is 0 Å². The van der Waals surface area contributed by atoms with E-state index in [0.717, 1.165) is 12.3 Å². The van der Waals surface area contributed by atoms with E-state index >= 15 is 0 Å². The summed E-state index contributed by atoms with van der Waals surface area (Å²) in [6, 6.07) is 0. The summed E-state index contributed by atoms with van der Waals surface area (Å²) in [6.07, 6.45) is 2.56. The van der Waals surface area contributed by atoms with E-state index in [1.54, 1.807) is 7.11 Å². The molecule has 0 aromatic carbocycles. The van der Waals surface area contributed by atoms with Gasteiger partial charge in [0, 0.05) is 13.5 Å². The van der Waals surface area contributed by atoms with E-state index in [9.17, 15) is 0 Å². The Bertz CT molecular complexity index is 195. The van der Waals surface area contributed by atoms with Crippen molar-refractivity contribution in [2.45, 2.75) is 59.9 Å². The summed E-state index contributed by atoms with van der Waals surface area (Å²) in [7, 11) is 1.74. The molecule has 90 valence electrons. The van der Waals surface area contributed by atoms with Gasteiger partial charge in [-0.15, -0.1) is 0 Å². The molecule has 0 amide bonds. The number of methoxy groups -OCH3 is 1. The van der Waals surface area contributed by atoms with Crippen LogP contribution < -0.4 is 0 Å². The van der Waals surface area contributed by atoms with Crippen LogP contribution in [0.2, 0.25) is 0 Å². The Labute approximate surface area is 94.3 Å². The molecule has 1 aliphatic rings. The second-order valence-corrected chi connectivity index (χ2v) is 5.80. The highest BCUT2D eigenvalue weighted by Crippen LogP contribution is 2.43. The zero-order chi connectivity index (χ0) is 11.6. The van der Waals surface area contributed by atoms with E-state index in [1.165, 1.54) is 6.42 Å². The quantitative estimate of drug-likeness (QED) is 0.701. The Kier molecular flexibility index (Phi) is 4.19. The van der Waals surface area contributed by atoms with Gasteiger partial charge in [0.25, 0.3) is 0 Å². The molecular formula is C13H26O2. The van der Waals surface area contributed by atoms with Crippen molar-refractivity contribution in [2.75, 3.05) is 7.11 Å². The topological polar surface area (TPSA) is 18.5 Å². The lowest BCUT2D eigenvalue weighted by molar-refractivity contribution is -0.223. The van der Waals surface area contributed by atoms with Gasteiger partial charge in [0.2, 0.25) is 0 Å². The first kappa shape index (κ1) is 13.0. The molecular weight excluding hydrogens is 188 g/mol. The zero-order valence-electron chi connectivity index (χ0n) is 11.0. The molecule has 0 aliphatic carbocycles. The monoisotopic (exact) mass is 214 g/mol. The molecule has 0 aromatic rings. The molecule has 0 N–H and O–H groups in total. The predicted octanol–water partition coefficient (Wildman–Crippen LogP) is 3.46. The normalized spacial score (nSPS) is 38.0. The van der Waals surface area contributed by atoms with Gasteiger partial charge in [-0.05, 0) is 24.2 Å². The third-order valence-electron chi connectivity index (χ3n) is 3.66. The Morgan fingerprint density at radius 3 is 2.33 bits per heavy atom. The van der Waals surface area contributed by atoms with Crippen molar-refractivity contribution in [3.05, 3.63) is 0 Å². The first-order chi connectivity index (χ1) is 6.90. The molecule has 1 saturated heterocycles. The summed E-state index contributed by atoms with van der Waals surface area (Å²) < 4.78 is 11.2. The van der Waals surface area contributed by atoms with Crippen LogP contribution in [0.15, 0.2) is 0 Å². The minimum absolute atomic E-state index is 0.00329. The molecule has 0 radical (unpaired) electrons. The maximum absolute atomic E-state index is 5.88. The molecule has 0 bridgehead atoms. The summed E-state index contributed by atoms with van der Waals surface area (Å²) >= 11 is 0. The van der Waals surface area contributed by atoms with Gasteiger partial charge in [-0.1, -0.05) is 34.1 Å². The van der Waals surface area contributed by atoms with Crippen LogP contribution in [0.3, 0.4) is 0 Å². The van der Waals surface area contributed by atoms with E-state index in [-0.39, 0.29) is 6.29 Å². The van der Waals surface area contributed by atoms with Crippen LogP contribution in [-0.2, 0) is 9.47 Å². The van der Waals surface area contributed by atoms with Gasteiger partial charge >= 0.3 is 0 Å². The van der Waals surface area contributed by atoms with Gasteiger partial charge in [-0.25, -0.2) is 0 Å². The molecule has 0 saturated carbocycles. The van der Waals surface area contributed by atoms with Crippen molar-refractivity contribution in [1.82, 2.24) is 0 Å². The maximum atomic E-state index is 5.88. The van der Waals surface area contributed by atoms with Gasteiger partial charge in [0.1, 0.15) is 0 Å². The second-order valence-electron chi connectivity index (χ2n) is 5.80. The van der Waals surface area contributed by atoms with Gasteiger partial charge in [0.05, 0.1) is 6.10 Å². The van der Waals surface area contributed by atoms with Crippen LogP contribution >= 0.6 is 0 Å². The Morgan fingerprint density at radius 1 is 1.33 bits per heavy atom. The fraction of sp³-hybridized carbons (Fsp3) is 1.00. The van der Waals surface area contributed by atoms with Crippen LogP contribution in [0.25, 0.3) is 0 Å². The third kappa shape index (κ3) is 2.94. The molecule has 4 atom stereocenters. The summed E-state index contributed by atoms with van der Waals surface area (Å²) in [6.45, 7) is 11.4. The highest BCUT2D eigenvalue weighted by Gasteiger charge is 2.41. The van der Waals surface area contributed by atoms with Crippen LogP contribution in [0.5, 0.6) is 0 Å². The smallest absolute Gasteiger partial charge is 0.157 e. The molecule has 1 rings (SSSR count). The van der Waals surface area contributed by atoms with Crippen molar-refractivity contribution in [2.24, 2.45) is 17.3 Å². The second kappa shape index (κ2) is 4.84. The molecule has 15 heavy (non-hydrogen) atoms. The fourth-order valence-corrected chi connectivity index (χ4v) is 3.14. The fourth-order valence-electron chi connectivity index (χ4n) is 3.14. The van der Waals surface area contributed by atoms with Gasteiger partial charge < -0.3 is 9.47 Å². The molecule has 1 aliphatic heterocycles. The maximum Gasteiger partial charge on any atom is 0.157 e. The molecule has 2 heteroatoms. The number of rotatable bonds is 2. The van der Waals surface area contributed by atoms with Crippen molar-refractivity contribution < 1.29 is 9.47 Å². The molecule has 4 unspecified atom stereocenters. The highest BCUT2D eigenvalue weighted by molar-refractivity contribution is 4.88. The molecule has 0 spiro atoms. The molecule has 1 fully saturated rings. The van der Waals surface area contributed by atoms with Gasteiger partial charge in [-0.2, -0.15) is 0 Å². The van der Waals surface area contributed by atoms with Crippen molar-refractivity contribution in [3.63, 3.8) is 0 Å². The third-order valence-corrected chi connectivity index (χ3v) is 3.66. The standard InChI is InChI=1S/C13H26O2/c1-7-10-8-11(14-6)15-9(2)12(10)13(3,4)5/h9-12H,7-8H2,1-6H3. The van der Waals surface area contributed by atoms with E-state index in [4.69, 9.17) is 9.47 Å². The lowest BCUT2D eigenvalue weighted by Gasteiger charge is -2.46. The summed E-state index contributed by atoms with van der Waals surface area (Å²) in [5, 5.41) is 0. The average Bonchev–Trinajstić information content (AvgIpc) is 2.14. The Morgan fingerprint density at radius 2 is 1.93 bits per heavy atom. The van der Waals surface area contributed by atoms with E-state index in [1.807, 2.05) is 0 Å². The lowest BCUT2D eigenvalue weighted by atomic mass is 9.67. The van der Waals surface area contributed by atoms with Crippen LogP contribution in [0.4, 0.5) is 0 Å². The summed E-state index contributed by atoms with van der Waals surface area (Å²) in [4.78, 5) is 0.